The van der Waals surface area contributed by atoms with Crippen LogP contribution in [0.3, 0.4) is 0 Å². The van der Waals surface area contributed by atoms with Gasteiger partial charge in [-0.1, -0.05) is 55.0 Å². The van der Waals surface area contributed by atoms with Crippen LogP contribution < -0.4 is 34.3 Å². The molecule has 1 heterocycles. The van der Waals surface area contributed by atoms with Gasteiger partial charge in [0.15, 0.2) is 0 Å². The molecule has 0 bridgehead atoms. The molecule has 1 unspecified atom stereocenters. The van der Waals surface area contributed by atoms with Gasteiger partial charge in [-0.05, 0) is 50.0 Å². The summed E-state index contributed by atoms with van der Waals surface area (Å²) < 4.78 is 6.18. The normalized spacial score (nSPS) is 16.2. The zero-order chi connectivity index (χ0) is 15.9. The number of likely N-dealkylation sites (tertiary alicyclic amines) is 1. The monoisotopic (exact) mass is 333 g/mol. The SMILES string of the molecule is CC(COc1ccccc1Cc1ccccc1)N1CCCCC1.[H-].[Na+]. The Morgan fingerprint density at radius 1 is 0.958 bits per heavy atom. The second kappa shape index (κ2) is 10.2. The Bertz CT molecular complexity index is 602. The predicted octanol–water partition coefficient (Wildman–Crippen LogP) is 1.65. The standard InChI is InChI=1S/C21H27NO.Na.H/c1-18(22-14-8-3-9-15-22)17-23-21-13-7-6-12-20(21)16-19-10-4-2-5-11-19;;/h2,4-7,10-13,18H,3,8-9,14-17H2,1H3;;/q;+1;-1. The van der Waals surface area contributed by atoms with Crippen molar-refractivity contribution in [2.45, 2.75) is 38.6 Å². The van der Waals surface area contributed by atoms with Crippen molar-refractivity contribution in [3.8, 4) is 5.75 Å². The van der Waals surface area contributed by atoms with Crippen molar-refractivity contribution < 1.29 is 35.7 Å². The van der Waals surface area contributed by atoms with Crippen LogP contribution in [0, 0.1) is 0 Å². The molecule has 2 aromatic rings. The molecule has 1 aliphatic rings. The van der Waals surface area contributed by atoms with Crippen molar-refractivity contribution in [3.05, 3.63) is 65.7 Å². The summed E-state index contributed by atoms with van der Waals surface area (Å²) in [5, 5.41) is 0. The van der Waals surface area contributed by atoms with Crippen molar-refractivity contribution in [1.29, 1.82) is 0 Å². The molecule has 0 radical (unpaired) electrons. The minimum Gasteiger partial charge on any atom is -1.00 e. The molecule has 3 heteroatoms. The topological polar surface area (TPSA) is 12.5 Å². The van der Waals surface area contributed by atoms with Gasteiger partial charge in [-0.15, -0.1) is 0 Å². The maximum atomic E-state index is 6.18. The molecule has 0 saturated carbocycles. The fraction of sp³-hybridized carbons (Fsp3) is 0.429. The summed E-state index contributed by atoms with van der Waals surface area (Å²) in [5.74, 6) is 1.03. The van der Waals surface area contributed by atoms with Gasteiger partial charge in [-0.25, -0.2) is 0 Å². The number of hydrogen-bond donors (Lipinski definition) is 0. The molecule has 24 heavy (non-hydrogen) atoms. The maximum absolute atomic E-state index is 6.18. The maximum Gasteiger partial charge on any atom is 1.00 e. The number of benzene rings is 2. The Hall–Kier alpha value is -0.800. The summed E-state index contributed by atoms with van der Waals surface area (Å²) in [6.07, 6.45) is 4.96. The van der Waals surface area contributed by atoms with Crippen LogP contribution >= 0.6 is 0 Å². The van der Waals surface area contributed by atoms with Gasteiger partial charge < -0.3 is 6.16 Å². The number of hydrogen-bond acceptors (Lipinski definition) is 2. The van der Waals surface area contributed by atoms with Gasteiger partial charge in [0.1, 0.15) is 12.4 Å². The predicted molar refractivity (Wildman–Crippen MR) is 97.2 cm³/mol. The number of piperidine rings is 1. The molecule has 1 atom stereocenters. The summed E-state index contributed by atoms with van der Waals surface area (Å²) in [7, 11) is 0. The molecule has 0 N–H and O–H groups in total. The van der Waals surface area contributed by atoms with Crippen molar-refractivity contribution in [2.75, 3.05) is 19.7 Å². The smallest absolute Gasteiger partial charge is 1.00 e. The Balaban J connectivity index is 0.00000156. The second-order valence-electron chi connectivity index (χ2n) is 6.53. The molecule has 0 aliphatic carbocycles. The van der Waals surface area contributed by atoms with Crippen LogP contribution in [-0.4, -0.2) is 30.6 Å². The second-order valence-corrected chi connectivity index (χ2v) is 6.53. The molecular weight excluding hydrogens is 305 g/mol. The van der Waals surface area contributed by atoms with Crippen LogP contribution in [0.25, 0.3) is 0 Å². The summed E-state index contributed by atoms with van der Waals surface area (Å²) in [4.78, 5) is 2.56. The molecule has 1 saturated heterocycles. The van der Waals surface area contributed by atoms with E-state index < -0.39 is 0 Å². The van der Waals surface area contributed by atoms with Crippen LogP contribution in [0.4, 0.5) is 0 Å². The Kier molecular flexibility index (Phi) is 8.34. The number of rotatable bonds is 6. The zero-order valence-electron chi connectivity index (χ0n) is 16.1. The van der Waals surface area contributed by atoms with Crippen molar-refractivity contribution >= 4 is 0 Å². The molecule has 2 nitrogen and oxygen atoms in total. The van der Waals surface area contributed by atoms with Crippen molar-refractivity contribution in [2.24, 2.45) is 0 Å². The number of para-hydroxylation sites is 1. The first-order valence-electron chi connectivity index (χ1n) is 8.81. The van der Waals surface area contributed by atoms with E-state index in [1.54, 1.807) is 0 Å². The molecule has 124 valence electrons. The average Bonchev–Trinajstić information content (AvgIpc) is 2.62. The number of nitrogens with zero attached hydrogens (tertiary/aromatic N) is 1. The van der Waals surface area contributed by atoms with Gasteiger partial charge in [0, 0.05) is 12.5 Å². The van der Waals surface area contributed by atoms with Crippen LogP contribution in [0.15, 0.2) is 54.6 Å². The summed E-state index contributed by atoms with van der Waals surface area (Å²) >= 11 is 0. The van der Waals surface area contributed by atoms with E-state index >= 15 is 0 Å². The van der Waals surface area contributed by atoms with Gasteiger partial charge in [0.25, 0.3) is 0 Å². The van der Waals surface area contributed by atoms with Crippen LogP contribution in [-0.2, 0) is 6.42 Å². The van der Waals surface area contributed by atoms with Crippen molar-refractivity contribution in [1.82, 2.24) is 4.90 Å². The molecule has 0 aromatic heterocycles. The largest absolute Gasteiger partial charge is 1.00 e. The summed E-state index contributed by atoms with van der Waals surface area (Å²) in [6.45, 7) is 5.49. The zero-order valence-corrected chi connectivity index (χ0v) is 17.1. The third-order valence-corrected chi connectivity index (χ3v) is 4.70. The van der Waals surface area contributed by atoms with E-state index in [-0.39, 0.29) is 31.0 Å². The van der Waals surface area contributed by atoms with Gasteiger partial charge >= 0.3 is 29.6 Å². The minimum absolute atomic E-state index is 0. The van der Waals surface area contributed by atoms with E-state index in [9.17, 15) is 0 Å². The quantitative estimate of drug-likeness (QED) is 0.746. The van der Waals surface area contributed by atoms with E-state index in [1.807, 2.05) is 0 Å². The fourth-order valence-corrected chi connectivity index (χ4v) is 3.28. The summed E-state index contributed by atoms with van der Waals surface area (Å²) in [5.41, 5.74) is 2.59. The molecule has 0 spiro atoms. The molecular formula is C21H28NNaO. The molecule has 1 fully saturated rings. The average molecular weight is 333 g/mol. The fourth-order valence-electron chi connectivity index (χ4n) is 3.28. The first-order valence-corrected chi connectivity index (χ1v) is 8.81. The van der Waals surface area contributed by atoms with Gasteiger partial charge in [-0.3, -0.25) is 4.90 Å². The van der Waals surface area contributed by atoms with Crippen LogP contribution in [0.2, 0.25) is 0 Å². The number of ether oxygens (including phenoxy) is 1. The first kappa shape index (κ1) is 19.5. The van der Waals surface area contributed by atoms with Crippen LogP contribution in [0.5, 0.6) is 5.75 Å². The van der Waals surface area contributed by atoms with Gasteiger partial charge in [0.2, 0.25) is 0 Å². The summed E-state index contributed by atoms with van der Waals surface area (Å²) in [6, 6.07) is 19.5. The van der Waals surface area contributed by atoms with Gasteiger partial charge in [0.05, 0.1) is 0 Å². The van der Waals surface area contributed by atoms with E-state index in [0.717, 1.165) is 18.8 Å². The Labute approximate surface area is 170 Å². The molecule has 0 amide bonds. The molecule has 2 aromatic carbocycles. The van der Waals surface area contributed by atoms with E-state index in [0.29, 0.717) is 6.04 Å². The minimum atomic E-state index is 0. The van der Waals surface area contributed by atoms with E-state index in [2.05, 4.69) is 66.4 Å². The Morgan fingerprint density at radius 3 is 2.38 bits per heavy atom. The molecule has 3 rings (SSSR count). The Morgan fingerprint density at radius 2 is 1.62 bits per heavy atom. The first-order chi connectivity index (χ1) is 11.3. The van der Waals surface area contributed by atoms with Crippen LogP contribution in [0.1, 0.15) is 38.7 Å². The van der Waals surface area contributed by atoms with Crippen molar-refractivity contribution in [3.63, 3.8) is 0 Å². The third-order valence-electron chi connectivity index (χ3n) is 4.70. The van der Waals surface area contributed by atoms with Gasteiger partial charge in [-0.2, -0.15) is 0 Å². The third kappa shape index (κ3) is 5.63. The molecule has 1 aliphatic heterocycles. The van der Waals surface area contributed by atoms with E-state index in [4.69, 9.17) is 4.74 Å². The van der Waals surface area contributed by atoms with E-state index in [1.165, 1.54) is 43.5 Å².